The number of rotatable bonds is 1. The summed E-state index contributed by atoms with van der Waals surface area (Å²) in [6, 6.07) is 0. The maximum Gasteiger partial charge on any atom is 0.0173 e. The van der Waals surface area contributed by atoms with E-state index in [1.165, 1.54) is 18.4 Å². The van der Waals surface area contributed by atoms with E-state index in [4.69, 9.17) is 11.6 Å². The van der Waals surface area contributed by atoms with Crippen molar-refractivity contribution in [2.75, 3.05) is 0 Å². The molecular formula is C7H11Cl. The summed E-state index contributed by atoms with van der Waals surface area (Å²) in [5, 5.41) is 1.13. The summed E-state index contributed by atoms with van der Waals surface area (Å²) in [6.07, 6.45) is 4.81. The molecule has 1 heteroatoms. The van der Waals surface area contributed by atoms with Crippen molar-refractivity contribution in [2.45, 2.75) is 32.6 Å². The van der Waals surface area contributed by atoms with Crippen LogP contribution in [0.4, 0.5) is 0 Å². The van der Waals surface area contributed by atoms with Crippen molar-refractivity contribution in [3.05, 3.63) is 10.6 Å². The third kappa shape index (κ3) is 1.05. The first-order chi connectivity index (χ1) is 3.84. The largest absolute Gasteiger partial charge is 0.0892 e. The first kappa shape index (κ1) is 6.15. The van der Waals surface area contributed by atoms with Crippen molar-refractivity contribution >= 4 is 11.6 Å². The highest BCUT2D eigenvalue weighted by atomic mass is 35.5. The van der Waals surface area contributed by atoms with Crippen molar-refractivity contribution in [1.29, 1.82) is 0 Å². The Labute approximate surface area is 55.5 Å². The lowest BCUT2D eigenvalue weighted by Gasteiger charge is -1.92. The minimum absolute atomic E-state index is 1.13. The van der Waals surface area contributed by atoms with Crippen molar-refractivity contribution in [1.82, 2.24) is 0 Å². The molecule has 0 aromatic rings. The van der Waals surface area contributed by atoms with Crippen molar-refractivity contribution in [3.63, 3.8) is 0 Å². The van der Waals surface area contributed by atoms with Gasteiger partial charge in [-0.1, -0.05) is 24.1 Å². The fourth-order valence-corrected chi connectivity index (χ4v) is 1.50. The molecule has 0 aromatic carbocycles. The standard InChI is InChI=1S/C7H11Cl/c1-2-6-4-3-5-7(6)8/h2-5H2,1H3. The highest BCUT2D eigenvalue weighted by Gasteiger charge is 2.09. The monoisotopic (exact) mass is 130 g/mol. The zero-order chi connectivity index (χ0) is 5.98. The molecule has 8 heavy (non-hydrogen) atoms. The topological polar surface area (TPSA) is 0 Å². The fraction of sp³-hybridized carbons (Fsp3) is 0.714. The second-order valence-corrected chi connectivity index (χ2v) is 2.67. The molecule has 0 saturated heterocycles. The van der Waals surface area contributed by atoms with Crippen LogP contribution >= 0.6 is 11.6 Å². The van der Waals surface area contributed by atoms with Gasteiger partial charge in [0.2, 0.25) is 0 Å². The molecule has 1 aliphatic carbocycles. The van der Waals surface area contributed by atoms with Gasteiger partial charge in [-0.3, -0.25) is 0 Å². The minimum atomic E-state index is 1.13. The van der Waals surface area contributed by atoms with Crippen molar-refractivity contribution in [3.8, 4) is 0 Å². The second kappa shape index (κ2) is 2.54. The van der Waals surface area contributed by atoms with Gasteiger partial charge in [-0.15, -0.1) is 0 Å². The summed E-state index contributed by atoms with van der Waals surface area (Å²) in [6.45, 7) is 2.17. The molecule has 0 spiro atoms. The Morgan fingerprint density at radius 1 is 1.50 bits per heavy atom. The maximum atomic E-state index is 5.86. The molecule has 0 saturated carbocycles. The van der Waals surface area contributed by atoms with Gasteiger partial charge in [0.15, 0.2) is 0 Å². The van der Waals surface area contributed by atoms with Crippen LogP contribution in [0.5, 0.6) is 0 Å². The van der Waals surface area contributed by atoms with E-state index in [0.717, 1.165) is 17.9 Å². The fourth-order valence-electron chi connectivity index (χ4n) is 1.14. The Hall–Kier alpha value is 0.0300. The van der Waals surface area contributed by atoms with Gasteiger partial charge < -0.3 is 0 Å². The smallest absolute Gasteiger partial charge is 0.0173 e. The molecule has 0 amide bonds. The Balaban J connectivity index is 2.58. The van der Waals surface area contributed by atoms with Crippen LogP contribution in [-0.2, 0) is 0 Å². The van der Waals surface area contributed by atoms with E-state index in [-0.39, 0.29) is 0 Å². The lowest BCUT2D eigenvalue weighted by Crippen LogP contribution is -1.71. The second-order valence-electron chi connectivity index (χ2n) is 2.22. The van der Waals surface area contributed by atoms with Crippen LogP contribution < -0.4 is 0 Å². The molecule has 0 heterocycles. The van der Waals surface area contributed by atoms with Gasteiger partial charge in [-0.05, 0) is 25.7 Å². The molecule has 0 atom stereocenters. The highest BCUT2D eigenvalue weighted by molar-refractivity contribution is 6.30. The molecule has 0 aromatic heterocycles. The van der Waals surface area contributed by atoms with Crippen molar-refractivity contribution in [2.24, 2.45) is 0 Å². The molecule has 0 aliphatic heterocycles. The number of hydrogen-bond donors (Lipinski definition) is 0. The van der Waals surface area contributed by atoms with E-state index >= 15 is 0 Å². The van der Waals surface area contributed by atoms with Crippen LogP contribution in [0.3, 0.4) is 0 Å². The van der Waals surface area contributed by atoms with Gasteiger partial charge in [0, 0.05) is 5.03 Å². The van der Waals surface area contributed by atoms with Gasteiger partial charge in [0.05, 0.1) is 0 Å². The summed E-state index contributed by atoms with van der Waals surface area (Å²) in [5.41, 5.74) is 1.48. The maximum absolute atomic E-state index is 5.86. The van der Waals surface area contributed by atoms with E-state index < -0.39 is 0 Å². The van der Waals surface area contributed by atoms with Gasteiger partial charge >= 0.3 is 0 Å². The van der Waals surface area contributed by atoms with Crippen LogP contribution in [0, 0.1) is 0 Å². The molecule has 0 bridgehead atoms. The first-order valence-corrected chi connectivity index (χ1v) is 3.58. The van der Waals surface area contributed by atoms with E-state index in [1.807, 2.05) is 0 Å². The Morgan fingerprint density at radius 2 is 2.25 bits per heavy atom. The summed E-state index contributed by atoms with van der Waals surface area (Å²) in [5.74, 6) is 0. The summed E-state index contributed by atoms with van der Waals surface area (Å²) in [4.78, 5) is 0. The Kier molecular flexibility index (Phi) is 1.95. The molecule has 0 N–H and O–H groups in total. The van der Waals surface area contributed by atoms with Gasteiger partial charge in [0.25, 0.3) is 0 Å². The number of halogens is 1. The predicted molar refractivity (Wildman–Crippen MR) is 37.0 cm³/mol. The average molecular weight is 131 g/mol. The number of allylic oxidation sites excluding steroid dienone is 2. The molecule has 0 nitrogen and oxygen atoms in total. The third-order valence-corrected chi connectivity index (χ3v) is 2.14. The normalized spacial score (nSPS) is 20.2. The van der Waals surface area contributed by atoms with E-state index in [2.05, 4.69) is 6.92 Å². The Morgan fingerprint density at radius 3 is 2.50 bits per heavy atom. The summed E-state index contributed by atoms with van der Waals surface area (Å²) < 4.78 is 0. The van der Waals surface area contributed by atoms with E-state index in [0.29, 0.717) is 0 Å². The van der Waals surface area contributed by atoms with Crippen LogP contribution in [0.1, 0.15) is 32.6 Å². The lowest BCUT2D eigenvalue weighted by atomic mass is 10.2. The van der Waals surface area contributed by atoms with Crippen LogP contribution in [0.15, 0.2) is 10.6 Å². The molecule has 46 valence electrons. The van der Waals surface area contributed by atoms with Gasteiger partial charge in [-0.25, -0.2) is 0 Å². The molecular weight excluding hydrogens is 120 g/mol. The van der Waals surface area contributed by atoms with Crippen LogP contribution in [0.2, 0.25) is 0 Å². The molecule has 1 aliphatic rings. The van der Waals surface area contributed by atoms with Gasteiger partial charge in [-0.2, -0.15) is 0 Å². The molecule has 0 fully saturated rings. The van der Waals surface area contributed by atoms with Gasteiger partial charge in [0.1, 0.15) is 0 Å². The number of hydrogen-bond acceptors (Lipinski definition) is 0. The Bertz CT molecular complexity index is 114. The summed E-state index contributed by atoms with van der Waals surface area (Å²) in [7, 11) is 0. The quantitative estimate of drug-likeness (QED) is 0.512. The van der Waals surface area contributed by atoms with Crippen LogP contribution in [0.25, 0.3) is 0 Å². The van der Waals surface area contributed by atoms with Crippen molar-refractivity contribution < 1.29 is 0 Å². The zero-order valence-electron chi connectivity index (χ0n) is 5.21. The van der Waals surface area contributed by atoms with E-state index in [9.17, 15) is 0 Å². The highest BCUT2D eigenvalue weighted by Crippen LogP contribution is 2.30. The molecule has 0 unspecified atom stereocenters. The van der Waals surface area contributed by atoms with E-state index in [1.54, 1.807) is 0 Å². The minimum Gasteiger partial charge on any atom is -0.0892 e. The first-order valence-electron chi connectivity index (χ1n) is 3.21. The zero-order valence-corrected chi connectivity index (χ0v) is 5.96. The predicted octanol–water partition coefficient (Wildman–Crippen LogP) is 3.07. The molecule has 1 rings (SSSR count). The SMILES string of the molecule is CCC1=C(Cl)CCC1. The third-order valence-electron chi connectivity index (χ3n) is 1.69. The molecule has 0 radical (unpaired) electrons. The lowest BCUT2D eigenvalue weighted by molar-refractivity contribution is 0.878. The summed E-state index contributed by atoms with van der Waals surface area (Å²) >= 11 is 5.86. The average Bonchev–Trinajstić information content (AvgIpc) is 2.14. The van der Waals surface area contributed by atoms with Crippen LogP contribution in [-0.4, -0.2) is 0 Å².